The number of hydrogen-bond acceptors (Lipinski definition) is 3. The second-order valence-electron chi connectivity index (χ2n) is 10.1. The Morgan fingerprint density at radius 3 is 1.97 bits per heavy atom. The molecule has 0 spiro atoms. The van der Waals surface area contributed by atoms with E-state index in [-0.39, 0.29) is 5.41 Å². The molecule has 0 amide bonds. The number of ether oxygens (including phenoxy) is 1. The Labute approximate surface area is 207 Å². The van der Waals surface area contributed by atoms with Crippen molar-refractivity contribution in [2.75, 3.05) is 0 Å². The maximum absolute atomic E-state index is 6.66. The largest absolute Gasteiger partial charge is 0.455 e. The Morgan fingerprint density at radius 1 is 0.556 bits per heavy atom. The fourth-order valence-corrected chi connectivity index (χ4v) is 5.88. The fourth-order valence-electron chi connectivity index (χ4n) is 5.88. The Kier molecular flexibility index (Phi) is 3.73. The van der Waals surface area contributed by atoms with Crippen molar-refractivity contribution in [3.05, 3.63) is 108 Å². The second kappa shape index (κ2) is 6.79. The Bertz CT molecular complexity index is 2000. The molecule has 0 saturated heterocycles. The van der Waals surface area contributed by atoms with Crippen molar-refractivity contribution in [1.29, 1.82) is 0 Å². The molecular weight excluding hydrogens is 444 g/mol. The van der Waals surface area contributed by atoms with Crippen LogP contribution in [0.25, 0.3) is 55.0 Å². The lowest BCUT2D eigenvalue weighted by atomic mass is 9.75. The number of para-hydroxylation sites is 3. The van der Waals surface area contributed by atoms with E-state index in [2.05, 4.69) is 80.6 Å². The molecule has 8 rings (SSSR count). The molecule has 0 unspecified atom stereocenters. The zero-order valence-corrected chi connectivity index (χ0v) is 20.0. The quantitative estimate of drug-likeness (QED) is 0.242. The molecule has 36 heavy (non-hydrogen) atoms. The van der Waals surface area contributed by atoms with Gasteiger partial charge in [0.1, 0.15) is 22.5 Å². The normalized spacial score (nSPS) is 14.3. The van der Waals surface area contributed by atoms with Crippen LogP contribution in [0.1, 0.15) is 25.0 Å². The van der Waals surface area contributed by atoms with Crippen LogP contribution in [0.5, 0.6) is 11.5 Å². The van der Waals surface area contributed by atoms with Gasteiger partial charge in [-0.05, 0) is 29.8 Å². The number of hydrogen-bond donors (Lipinski definition) is 0. The Hall–Kier alpha value is -4.50. The molecule has 5 aromatic carbocycles. The first-order valence-electron chi connectivity index (χ1n) is 12.3. The highest BCUT2D eigenvalue weighted by atomic mass is 16.5. The Balaban J connectivity index is 1.34. The van der Waals surface area contributed by atoms with Gasteiger partial charge in [0, 0.05) is 43.7 Å². The maximum atomic E-state index is 6.66. The van der Waals surface area contributed by atoms with Crippen LogP contribution in [0.4, 0.5) is 0 Å². The summed E-state index contributed by atoms with van der Waals surface area (Å²) in [7, 11) is 0. The van der Waals surface area contributed by atoms with E-state index in [4.69, 9.17) is 13.6 Å². The SMILES string of the molecule is CC1(C)c2ccc(-c3cccc4c3oc3ccccc34)cc2Oc2c1ccc1c2oc2ccccc21. The van der Waals surface area contributed by atoms with Crippen molar-refractivity contribution in [2.24, 2.45) is 0 Å². The molecule has 3 heteroatoms. The van der Waals surface area contributed by atoms with Crippen LogP contribution in [0.15, 0.2) is 106 Å². The highest BCUT2D eigenvalue weighted by molar-refractivity contribution is 6.10. The lowest BCUT2D eigenvalue weighted by Crippen LogP contribution is -2.24. The number of fused-ring (bicyclic) bond motifs is 9. The summed E-state index contributed by atoms with van der Waals surface area (Å²) in [5.74, 6) is 1.66. The van der Waals surface area contributed by atoms with Crippen LogP contribution in [0.2, 0.25) is 0 Å². The summed E-state index contributed by atoms with van der Waals surface area (Å²) in [5, 5.41) is 4.43. The van der Waals surface area contributed by atoms with Crippen molar-refractivity contribution < 1.29 is 13.6 Å². The van der Waals surface area contributed by atoms with Gasteiger partial charge in [-0.25, -0.2) is 0 Å². The van der Waals surface area contributed by atoms with Crippen LogP contribution >= 0.6 is 0 Å². The predicted octanol–water partition coefficient (Wildman–Crippen LogP) is 9.58. The number of benzene rings is 5. The van der Waals surface area contributed by atoms with Crippen LogP contribution < -0.4 is 4.74 Å². The molecule has 0 N–H and O–H groups in total. The van der Waals surface area contributed by atoms with Crippen molar-refractivity contribution in [3.63, 3.8) is 0 Å². The minimum absolute atomic E-state index is 0.236. The Morgan fingerprint density at radius 2 is 1.19 bits per heavy atom. The van der Waals surface area contributed by atoms with E-state index in [1.165, 1.54) is 0 Å². The average molecular weight is 467 g/mol. The molecule has 0 aliphatic carbocycles. The second-order valence-corrected chi connectivity index (χ2v) is 10.1. The predicted molar refractivity (Wildman–Crippen MR) is 145 cm³/mol. The summed E-state index contributed by atoms with van der Waals surface area (Å²) in [6.07, 6.45) is 0. The average Bonchev–Trinajstić information content (AvgIpc) is 3.47. The van der Waals surface area contributed by atoms with Gasteiger partial charge in [0.25, 0.3) is 0 Å². The minimum atomic E-state index is -0.236. The first-order valence-corrected chi connectivity index (χ1v) is 12.3. The lowest BCUT2D eigenvalue weighted by molar-refractivity contribution is 0.415. The summed E-state index contributed by atoms with van der Waals surface area (Å²) in [6, 6.07) is 33.5. The summed E-state index contributed by atoms with van der Waals surface area (Å²) in [6.45, 7) is 4.50. The first-order chi connectivity index (χ1) is 17.6. The van der Waals surface area contributed by atoms with Gasteiger partial charge in [0.15, 0.2) is 11.3 Å². The van der Waals surface area contributed by atoms with Crippen molar-refractivity contribution in [2.45, 2.75) is 19.3 Å². The van der Waals surface area contributed by atoms with Crippen LogP contribution in [-0.2, 0) is 5.41 Å². The zero-order valence-electron chi connectivity index (χ0n) is 20.0. The van der Waals surface area contributed by atoms with E-state index in [9.17, 15) is 0 Å². The van der Waals surface area contributed by atoms with E-state index in [0.29, 0.717) is 0 Å². The minimum Gasteiger partial charge on any atom is -0.455 e. The molecule has 0 fully saturated rings. The van der Waals surface area contributed by atoms with E-state index < -0.39 is 0 Å². The van der Waals surface area contributed by atoms with E-state index >= 15 is 0 Å². The van der Waals surface area contributed by atoms with Crippen LogP contribution in [0.3, 0.4) is 0 Å². The molecule has 0 bridgehead atoms. The number of rotatable bonds is 1. The first kappa shape index (κ1) is 19.8. The molecule has 0 saturated carbocycles. The summed E-state index contributed by atoms with van der Waals surface area (Å²) < 4.78 is 19.3. The van der Waals surface area contributed by atoms with E-state index in [1.807, 2.05) is 30.3 Å². The van der Waals surface area contributed by atoms with Gasteiger partial charge in [-0.2, -0.15) is 0 Å². The van der Waals surface area contributed by atoms with E-state index in [0.717, 1.165) is 77.6 Å². The van der Waals surface area contributed by atoms with E-state index in [1.54, 1.807) is 0 Å². The van der Waals surface area contributed by atoms with Gasteiger partial charge in [-0.15, -0.1) is 0 Å². The summed E-state index contributed by atoms with van der Waals surface area (Å²) >= 11 is 0. The third kappa shape index (κ3) is 2.52. The molecule has 0 radical (unpaired) electrons. The van der Waals surface area contributed by atoms with Gasteiger partial charge in [0.05, 0.1) is 0 Å². The monoisotopic (exact) mass is 466 g/mol. The third-order valence-electron chi connectivity index (χ3n) is 7.76. The van der Waals surface area contributed by atoms with Gasteiger partial charge >= 0.3 is 0 Å². The van der Waals surface area contributed by atoms with Gasteiger partial charge < -0.3 is 13.6 Å². The molecule has 172 valence electrons. The summed E-state index contributed by atoms with van der Waals surface area (Å²) in [5.41, 5.74) is 7.65. The van der Waals surface area contributed by atoms with Gasteiger partial charge in [0.2, 0.25) is 0 Å². The van der Waals surface area contributed by atoms with Crippen molar-refractivity contribution >= 4 is 43.9 Å². The summed E-state index contributed by atoms with van der Waals surface area (Å²) in [4.78, 5) is 0. The zero-order chi connectivity index (χ0) is 24.0. The third-order valence-corrected chi connectivity index (χ3v) is 7.76. The maximum Gasteiger partial charge on any atom is 0.178 e. The number of furan rings is 2. The molecule has 3 nitrogen and oxygen atoms in total. The van der Waals surface area contributed by atoms with Crippen LogP contribution in [0, 0.1) is 0 Å². The van der Waals surface area contributed by atoms with Gasteiger partial charge in [-0.3, -0.25) is 0 Å². The highest BCUT2D eigenvalue weighted by Crippen LogP contribution is 2.52. The molecular formula is C33H22O3. The molecule has 2 aromatic heterocycles. The highest BCUT2D eigenvalue weighted by Gasteiger charge is 2.36. The van der Waals surface area contributed by atoms with Crippen molar-refractivity contribution in [3.8, 4) is 22.6 Å². The molecule has 0 atom stereocenters. The van der Waals surface area contributed by atoms with Gasteiger partial charge in [-0.1, -0.05) is 86.6 Å². The molecule has 3 heterocycles. The molecule has 1 aliphatic heterocycles. The molecule has 1 aliphatic rings. The standard InChI is InChI=1S/C33H22O3/c1-33(2)25-16-14-19(20-10-7-11-23-21-8-3-5-12-27(21)34-30(20)23)18-29(25)36-32-26(33)17-15-24-22-9-4-6-13-28(22)35-31(24)32/h3-18H,1-2H3. The topological polar surface area (TPSA) is 35.5 Å². The molecule has 7 aromatic rings. The lowest BCUT2D eigenvalue weighted by Gasteiger charge is -2.34. The smallest absolute Gasteiger partial charge is 0.178 e. The van der Waals surface area contributed by atoms with Crippen molar-refractivity contribution in [1.82, 2.24) is 0 Å². The fraction of sp³-hybridized carbons (Fsp3) is 0.0909. The van der Waals surface area contributed by atoms with Crippen LogP contribution in [-0.4, -0.2) is 0 Å².